The van der Waals surface area contributed by atoms with Gasteiger partial charge in [0.25, 0.3) is 10.0 Å². The summed E-state index contributed by atoms with van der Waals surface area (Å²) in [5.41, 5.74) is 1.07. The van der Waals surface area contributed by atoms with Crippen molar-refractivity contribution in [3.05, 3.63) is 47.6 Å². The lowest BCUT2D eigenvalue weighted by atomic mass is 10.2. The minimum absolute atomic E-state index is 0.0687. The van der Waals surface area contributed by atoms with Crippen LogP contribution >= 0.6 is 11.3 Å². The normalized spacial score (nSPS) is 11.6. The van der Waals surface area contributed by atoms with Gasteiger partial charge in [0, 0.05) is 39.0 Å². The van der Waals surface area contributed by atoms with Crippen LogP contribution in [-0.4, -0.2) is 43.8 Å². The predicted octanol–water partition coefficient (Wildman–Crippen LogP) is 1.90. The summed E-state index contributed by atoms with van der Waals surface area (Å²) in [7, 11) is -1.90. The largest absolute Gasteiger partial charge is 0.356 e. The molecule has 130 valence electrons. The zero-order valence-electron chi connectivity index (χ0n) is 13.5. The van der Waals surface area contributed by atoms with Crippen LogP contribution < -0.4 is 5.32 Å². The van der Waals surface area contributed by atoms with Gasteiger partial charge in [-0.1, -0.05) is 12.1 Å². The van der Waals surface area contributed by atoms with Crippen LogP contribution in [-0.2, 0) is 21.2 Å². The smallest absolute Gasteiger partial charge is 0.252 e. The standard InChI is InChI=1S/C16H21N3O3S2/c1-19(24(21,22)16-7-4-12-23-16)11-3-6-15(20)18-10-8-14-5-2-9-17-13-14/h2,4-5,7,9,12-13H,3,6,8,10-11H2,1H3,(H,18,20). The molecule has 0 atom stereocenters. The minimum atomic E-state index is -3.43. The number of carbonyl (C=O) groups is 1. The average molecular weight is 367 g/mol. The van der Waals surface area contributed by atoms with E-state index < -0.39 is 10.0 Å². The number of carbonyl (C=O) groups excluding carboxylic acids is 1. The topological polar surface area (TPSA) is 79.4 Å². The molecule has 6 nitrogen and oxygen atoms in total. The van der Waals surface area contributed by atoms with E-state index in [1.54, 1.807) is 29.9 Å². The Morgan fingerprint density at radius 3 is 2.83 bits per heavy atom. The molecule has 0 saturated carbocycles. The zero-order valence-corrected chi connectivity index (χ0v) is 15.1. The fourth-order valence-corrected chi connectivity index (χ4v) is 4.54. The highest BCUT2D eigenvalue weighted by atomic mass is 32.2. The van der Waals surface area contributed by atoms with Gasteiger partial charge < -0.3 is 5.32 Å². The summed E-state index contributed by atoms with van der Waals surface area (Å²) in [4.78, 5) is 15.8. The molecule has 0 spiro atoms. The van der Waals surface area contributed by atoms with Gasteiger partial charge in [0.1, 0.15) is 4.21 Å². The Bertz CT molecular complexity index is 731. The number of pyridine rings is 1. The van der Waals surface area contributed by atoms with Crippen LogP contribution in [0.2, 0.25) is 0 Å². The summed E-state index contributed by atoms with van der Waals surface area (Å²) in [5.74, 6) is -0.0687. The highest BCUT2D eigenvalue weighted by Gasteiger charge is 2.21. The minimum Gasteiger partial charge on any atom is -0.356 e. The van der Waals surface area contributed by atoms with Crippen molar-refractivity contribution in [2.45, 2.75) is 23.5 Å². The molecule has 8 heteroatoms. The summed E-state index contributed by atoms with van der Waals surface area (Å²) < 4.78 is 26.1. The van der Waals surface area contributed by atoms with Gasteiger partial charge >= 0.3 is 0 Å². The molecule has 0 aliphatic carbocycles. The van der Waals surface area contributed by atoms with E-state index in [9.17, 15) is 13.2 Å². The predicted molar refractivity (Wildman–Crippen MR) is 94.3 cm³/mol. The zero-order chi connectivity index (χ0) is 17.4. The Kier molecular flexibility index (Phi) is 6.89. The first-order valence-corrected chi connectivity index (χ1v) is 9.97. The van der Waals surface area contributed by atoms with Gasteiger partial charge in [-0.15, -0.1) is 11.3 Å². The molecule has 0 radical (unpaired) electrons. The first-order valence-electron chi connectivity index (χ1n) is 7.65. The molecule has 0 unspecified atom stereocenters. The highest BCUT2D eigenvalue weighted by molar-refractivity contribution is 7.91. The Morgan fingerprint density at radius 1 is 1.33 bits per heavy atom. The lowest BCUT2D eigenvalue weighted by Gasteiger charge is -2.15. The molecule has 2 aromatic heterocycles. The maximum atomic E-state index is 12.2. The Labute approximate surface area is 146 Å². The fourth-order valence-electron chi connectivity index (χ4n) is 2.13. The van der Waals surface area contributed by atoms with Gasteiger partial charge in [-0.05, 0) is 35.9 Å². The molecule has 2 aromatic rings. The molecule has 24 heavy (non-hydrogen) atoms. The molecule has 0 aliphatic rings. The van der Waals surface area contributed by atoms with Crippen molar-refractivity contribution in [2.24, 2.45) is 0 Å². The number of thiophene rings is 1. The van der Waals surface area contributed by atoms with Crippen LogP contribution in [0.1, 0.15) is 18.4 Å². The molecule has 2 heterocycles. The fraction of sp³-hybridized carbons (Fsp3) is 0.375. The third-order valence-corrected chi connectivity index (χ3v) is 6.73. The van der Waals surface area contributed by atoms with E-state index in [-0.39, 0.29) is 5.91 Å². The van der Waals surface area contributed by atoms with Crippen molar-refractivity contribution in [1.29, 1.82) is 0 Å². The SMILES string of the molecule is CN(CCCC(=O)NCCc1cccnc1)S(=O)(=O)c1cccs1. The summed E-state index contributed by atoms with van der Waals surface area (Å²) in [5, 5.41) is 4.57. The van der Waals surface area contributed by atoms with Crippen LogP contribution in [0.15, 0.2) is 46.2 Å². The molecule has 1 N–H and O–H groups in total. The van der Waals surface area contributed by atoms with Gasteiger partial charge in [-0.2, -0.15) is 0 Å². The third-order valence-electron chi connectivity index (χ3n) is 3.50. The molecular formula is C16H21N3O3S2. The van der Waals surface area contributed by atoms with Crippen molar-refractivity contribution in [3.8, 4) is 0 Å². The third kappa shape index (κ3) is 5.40. The summed E-state index contributed by atoms with van der Waals surface area (Å²) in [6.07, 6.45) is 5.00. The van der Waals surface area contributed by atoms with Crippen molar-refractivity contribution in [3.63, 3.8) is 0 Å². The second-order valence-electron chi connectivity index (χ2n) is 5.32. The van der Waals surface area contributed by atoms with E-state index in [1.807, 2.05) is 12.1 Å². The molecule has 0 aromatic carbocycles. The average Bonchev–Trinajstić information content (AvgIpc) is 3.11. The van der Waals surface area contributed by atoms with Crippen molar-refractivity contribution in [2.75, 3.05) is 20.1 Å². The van der Waals surface area contributed by atoms with Crippen LogP contribution in [0.25, 0.3) is 0 Å². The van der Waals surface area contributed by atoms with E-state index >= 15 is 0 Å². The van der Waals surface area contributed by atoms with E-state index in [2.05, 4.69) is 10.3 Å². The Morgan fingerprint density at radius 2 is 2.17 bits per heavy atom. The van der Waals surface area contributed by atoms with Crippen LogP contribution in [0.5, 0.6) is 0 Å². The van der Waals surface area contributed by atoms with E-state index in [4.69, 9.17) is 0 Å². The molecule has 2 rings (SSSR count). The Balaban J connectivity index is 1.67. The van der Waals surface area contributed by atoms with Gasteiger partial charge in [0.15, 0.2) is 0 Å². The number of sulfonamides is 1. The second kappa shape index (κ2) is 8.91. The highest BCUT2D eigenvalue weighted by Crippen LogP contribution is 2.19. The van der Waals surface area contributed by atoms with Crippen molar-refractivity contribution in [1.82, 2.24) is 14.6 Å². The number of nitrogens with zero attached hydrogens (tertiary/aromatic N) is 2. The van der Waals surface area contributed by atoms with Gasteiger partial charge in [-0.3, -0.25) is 9.78 Å². The number of amides is 1. The molecule has 0 saturated heterocycles. The first kappa shape index (κ1) is 18.6. The lowest BCUT2D eigenvalue weighted by Crippen LogP contribution is -2.30. The summed E-state index contributed by atoms with van der Waals surface area (Å²) in [6.45, 7) is 0.865. The quantitative estimate of drug-likeness (QED) is 0.734. The van der Waals surface area contributed by atoms with Gasteiger partial charge in [0.2, 0.25) is 5.91 Å². The van der Waals surface area contributed by atoms with Gasteiger partial charge in [-0.25, -0.2) is 12.7 Å². The van der Waals surface area contributed by atoms with E-state index in [0.29, 0.717) is 30.1 Å². The summed E-state index contributed by atoms with van der Waals surface area (Å²) >= 11 is 1.19. The second-order valence-corrected chi connectivity index (χ2v) is 8.54. The molecule has 0 fully saturated rings. The van der Waals surface area contributed by atoms with E-state index in [0.717, 1.165) is 12.0 Å². The maximum Gasteiger partial charge on any atom is 0.252 e. The first-order chi connectivity index (χ1) is 11.5. The number of nitrogens with one attached hydrogen (secondary N) is 1. The monoisotopic (exact) mass is 367 g/mol. The Hall–Kier alpha value is -1.77. The maximum absolute atomic E-state index is 12.2. The molecule has 1 amide bonds. The van der Waals surface area contributed by atoms with Crippen LogP contribution in [0.3, 0.4) is 0 Å². The molecular weight excluding hydrogens is 346 g/mol. The number of aromatic nitrogens is 1. The van der Waals surface area contributed by atoms with Crippen LogP contribution in [0.4, 0.5) is 0 Å². The van der Waals surface area contributed by atoms with E-state index in [1.165, 1.54) is 22.7 Å². The summed E-state index contributed by atoms with van der Waals surface area (Å²) in [6, 6.07) is 7.12. The van der Waals surface area contributed by atoms with Crippen molar-refractivity contribution >= 4 is 27.3 Å². The molecule has 0 aliphatic heterocycles. The number of rotatable bonds is 9. The number of hydrogen-bond donors (Lipinski definition) is 1. The number of hydrogen-bond acceptors (Lipinski definition) is 5. The lowest BCUT2D eigenvalue weighted by molar-refractivity contribution is -0.121. The van der Waals surface area contributed by atoms with Crippen molar-refractivity contribution < 1.29 is 13.2 Å². The van der Waals surface area contributed by atoms with Crippen LogP contribution in [0, 0.1) is 0 Å². The van der Waals surface area contributed by atoms with Gasteiger partial charge in [0.05, 0.1) is 0 Å². The molecule has 0 bridgehead atoms.